The Hall–Kier alpha value is -3.20. The van der Waals surface area contributed by atoms with E-state index in [4.69, 9.17) is 16.3 Å². The SMILES string of the molecule is COc1c(NC(=O)Nc2ccc(C(F)(F)F)cc2Cl)cccc1-c1ccnn1C(C)C. The van der Waals surface area contributed by atoms with Crippen LogP contribution in [0, 0.1) is 0 Å². The highest BCUT2D eigenvalue weighted by atomic mass is 35.5. The molecular weight excluding hydrogens is 433 g/mol. The maximum absolute atomic E-state index is 12.8. The first-order valence-corrected chi connectivity index (χ1v) is 9.65. The number of methoxy groups -OCH3 is 1. The molecule has 0 fully saturated rings. The summed E-state index contributed by atoms with van der Waals surface area (Å²) in [5.74, 6) is 0.415. The predicted octanol–water partition coefficient (Wildman–Crippen LogP) is 6.46. The van der Waals surface area contributed by atoms with Crippen molar-refractivity contribution in [1.82, 2.24) is 9.78 Å². The van der Waals surface area contributed by atoms with Gasteiger partial charge in [0.25, 0.3) is 0 Å². The molecule has 0 radical (unpaired) electrons. The van der Waals surface area contributed by atoms with Crippen molar-refractivity contribution in [2.45, 2.75) is 26.1 Å². The first kappa shape index (κ1) is 22.5. The molecule has 0 atom stereocenters. The average molecular weight is 453 g/mol. The molecule has 0 spiro atoms. The van der Waals surface area contributed by atoms with Gasteiger partial charge in [0, 0.05) is 17.8 Å². The van der Waals surface area contributed by atoms with Gasteiger partial charge in [0.15, 0.2) is 5.75 Å². The number of aromatic nitrogens is 2. The summed E-state index contributed by atoms with van der Waals surface area (Å²) >= 11 is 5.90. The summed E-state index contributed by atoms with van der Waals surface area (Å²) in [4.78, 5) is 12.5. The summed E-state index contributed by atoms with van der Waals surface area (Å²) in [7, 11) is 1.48. The second-order valence-corrected chi connectivity index (χ2v) is 7.32. The number of urea groups is 1. The van der Waals surface area contributed by atoms with Crippen LogP contribution in [0.15, 0.2) is 48.7 Å². The molecule has 2 N–H and O–H groups in total. The highest BCUT2D eigenvalue weighted by Crippen LogP contribution is 2.37. The second kappa shape index (κ2) is 8.89. The lowest BCUT2D eigenvalue weighted by Gasteiger charge is -2.17. The number of hydrogen-bond acceptors (Lipinski definition) is 3. The van der Waals surface area contributed by atoms with Crippen LogP contribution in [0.25, 0.3) is 11.3 Å². The average Bonchev–Trinajstić information content (AvgIpc) is 3.18. The van der Waals surface area contributed by atoms with E-state index in [-0.39, 0.29) is 16.8 Å². The zero-order chi connectivity index (χ0) is 22.8. The van der Waals surface area contributed by atoms with Crippen LogP contribution in [-0.2, 0) is 6.18 Å². The molecule has 6 nitrogen and oxygen atoms in total. The van der Waals surface area contributed by atoms with E-state index in [0.29, 0.717) is 11.4 Å². The molecule has 0 aliphatic rings. The molecule has 3 rings (SSSR count). The molecule has 2 amide bonds. The Balaban J connectivity index is 1.85. The van der Waals surface area contributed by atoms with Crippen LogP contribution in [0.4, 0.5) is 29.3 Å². The van der Waals surface area contributed by atoms with Gasteiger partial charge in [-0.15, -0.1) is 0 Å². The third-order valence-corrected chi connectivity index (χ3v) is 4.76. The van der Waals surface area contributed by atoms with Crippen molar-refractivity contribution in [1.29, 1.82) is 0 Å². The molecule has 0 unspecified atom stereocenters. The van der Waals surface area contributed by atoms with E-state index in [9.17, 15) is 18.0 Å². The van der Waals surface area contributed by atoms with Crippen LogP contribution >= 0.6 is 11.6 Å². The number of rotatable bonds is 5. The lowest BCUT2D eigenvalue weighted by molar-refractivity contribution is -0.137. The normalized spacial score (nSPS) is 11.5. The number of halogens is 4. The number of ether oxygens (including phenoxy) is 1. The van der Waals surface area contributed by atoms with Crippen LogP contribution in [-0.4, -0.2) is 22.9 Å². The van der Waals surface area contributed by atoms with Crippen molar-refractivity contribution in [2.75, 3.05) is 17.7 Å². The number of amides is 2. The highest BCUT2D eigenvalue weighted by molar-refractivity contribution is 6.33. The Kier molecular flexibility index (Phi) is 6.45. The van der Waals surface area contributed by atoms with Crippen LogP contribution in [0.5, 0.6) is 5.75 Å². The molecule has 10 heteroatoms. The Morgan fingerprint density at radius 3 is 2.45 bits per heavy atom. The largest absolute Gasteiger partial charge is 0.494 e. The molecule has 0 aliphatic carbocycles. The first-order valence-electron chi connectivity index (χ1n) is 9.27. The van der Waals surface area contributed by atoms with Crippen molar-refractivity contribution in [3.63, 3.8) is 0 Å². The standard InChI is InChI=1S/C21H20ClF3N4O2/c1-12(2)29-18(9-10-26-29)14-5-4-6-17(19(14)31-3)28-20(30)27-16-8-7-13(11-15(16)22)21(23,24)25/h4-12H,1-3H3,(H2,27,28,30). The maximum atomic E-state index is 12.8. The van der Waals surface area contributed by atoms with Gasteiger partial charge in [-0.1, -0.05) is 17.7 Å². The summed E-state index contributed by atoms with van der Waals surface area (Å²) in [6, 6.07) is 9.18. The Bertz CT molecular complexity index is 1100. The molecule has 1 heterocycles. The second-order valence-electron chi connectivity index (χ2n) is 6.91. The monoisotopic (exact) mass is 452 g/mol. The fraction of sp³-hybridized carbons (Fsp3) is 0.238. The maximum Gasteiger partial charge on any atom is 0.416 e. The predicted molar refractivity (Wildman–Crippen MR) is 114 cm³/mol. The lowest BCUT2D eigenvalue weighted by atomic mass is 10.1. The summed E-state index contributed by atoms with van der Waals surface area (Å²) in [5, 5.41) is 9.18. The van der Waals surface area contributed by atoms with Crippen LogP contribution in [0.2, 0.25) is 5.02 Å². The fourth-order valence-electron chi connectivity index (χ4n) is 3.06. The number of nitrogens with one attached hydrogen (secondary N) is 2. The van der Waals surface area contributed by atoms with Gasteiger partial charge in [-0.3, -0.25) is 4.68 Å². The molecule has 164 valence electrons. The van der Waals surface area contributed by atoms with Gasteiger partial charge >= 0.3 is 12.2 Å². The fourth-order valence-corrected chi connectivity index (χ4v) is 3.29. The summed E-state index contributed by atoms with van der Waals surface area (Å²) < 4.78 is 45.7. The number of benzene rings is 2. The number of alkyl halides is 3. The van der Waals surface area contributed by atoms with Gasteiger partial charge in [-0.25, -0.2) is 4.79 Å². The molecule has 31 heavy (non-hydrogen) atoms. The van der Waals surface area contributed by atoms with E-state index in [1.807, 2.05) is 30.7 Å². The molecule has 2 aromatic carbocycles. The zero-order valence-corrected chi connectivity index (χ0v) is 17.7. The smallest absolute Gasteiger partial charge is 0.416 e. The minimum atomic E-state index is -4.53. The minimum absolute atomic E-state index is 0.0418. The summed E-state index contributed by atoms with van der Waals surface area (Å²) in [5.41, 5.74) is 1.04. The third kappa shape index (κ3) is 4.93. The minimum Gasteiger partial charge on any atom is -0.494 e. The van der Waals surface area contributed by atoms with E-state index >= 15 is 0 Å². The molecule has 0 saturated heterocycles. The number of anilines is 2. The van der Waals surface area contributed by atoms with E-state index in [0.717, 1.165) is 29.5 Å². The number of carbonyl (C=O) groups is 1. The van der Waals surface area contributed by atoms with E-state index in [1.54, 1.807) is 18.3 Å². The third-order valence-electron chi connectivity index (χ3n) is 4.45. The van der Waals surface area contributed by atoms with Gasteiger partial charge in [0.1, 0.15) is 0 Å². The van der Waals surface area contributed by atoms with Crippen molar-refractivity contribution < 1.29 is 22.7 Å². The quantitative estimate of drug-likeness (QED) is 0.467. The lowest BCUT2D eigenvalue weighted by Crippen LogP contribution is -2.20. The Labute approximate surface area is 182 Å². The molecule has 0 bridgehead atoms. The number of para-hydroxylation sites is 1. The molecule has 3 aromatic rings. The van der Waals surface area contributed by atoms with Gasteiger partial charge in [-0.05, 0) is 50.2 Å². The molecule has 0 saturated carbocycles. The number of hydrogen-bond donors (Lipinski definition) is 2. The Morgan fingerprint density at radius 2 is 1.84 bits per heavy atom. The first-order chi connectivity index (χ1) is 14.6. The molecular formula is C21H20ClF3N4O2. The van der Waals surface area contributed by atoms with Crippen molar-refractivity contribution in [3.8, 4) is 17.0 Å². The number of nitrogens with zero attached hydrogens (tertiary/aromatic N) is 2. The zero-order valence-electron chi connectivity index (χ0n) is 16.9. The van der Waals surface area contributed by atoms with E-state index in [2.05, 4.69) is 15.7 Å². The van der Waals surface area contributed by atoms with Crippen LogP contribution in [0.1, 0.15) is 25.5 Å². The van der Waals surface area contributed by atoms with Gasteiger partial charge in [-0.2, -0.15) is 18.3 Å². The van der Waals surface area contributed by atoms with Gasteiger partial charge in [0.2, 0.25) is 0 Å². The molecule has 0 aliphatic heterocycles. The van der Waals surface area contributed by atoms with Crippen molar-refractivity contribution >= 4 is 29.0 Å². The van der Waals surface area contributed by atoms with Crippen LogP contribution < -0.4 is 15.4 Å². The highest BCUT2D eigenvalue weighted by Gasteiger charge is 2.31. The van der Waals surface area contributed by atoms with Gasteiger partial charge < -0.3 is 15.4 Å². The van der Waals surface area contributed by atoms with E-state index < -0.39 is 17.8 Å². The summed E-state index contributed by atoms with van der Waals surface area (Å²) in [6.07, 6.45) is -2.85. The van der Waals surface area contributed by atoms with Crippen molar-refractivity contribution in [3.05, 3.63) is 59.2 Å². The number of carbonyl (C=O) groups excluding carboxylic acids is 1. The van der Waals surface area contributed by atoms with Crippen LogP contribution in [0.3, 0.4) is 0 Å². The molecule has 1 aromatic heterocycles. The topological polar surface area (TPSA) is 68.2 Å². The van der Waals surface area contributed by atoms with E-state index in [1.165, 1.54) is 7.11 Å². The Morgan fingerprint density at radius 1 is 1.13 bits per heavy atom. The summed E-state index contributed by atoms with van der Waals surface area (Å²) in [6.45, 7) is 3.98. The van der Waals surface area contributed by atoms with Gasteiger partial charge in [0.05, 0.1) is 34.8 Å². The van der Waals surface area contributed by atoms with Crippen molar-refractivity contribution in [2.24, 2.45) is 0 Å².